The monoisotopic (exact) mass is 514 g/mol. The first-order valence-electron chi connectivity index (χ1n) is 13.7. The lowest BCUT2D eigenvalue weighted by Crippen LogP contribution is -1.97. The smallest absolute Gasteiger partial charge is 0.127 e. The maximum absolute atomic E-state index is 10.9. The van der Waals surface area contributed by atoms with Crippen LogP contribution in [0.5, 0.6) is 17.2 Å². The Kier molecular flexibility index (Phi) is 10.1. The van der Waals surface area contributed by atoms with Crippen molar-refractivity contribution in [1.82, 2.24) is 0 Å². The Morgan fingerprint density at radius 3 is 1.61 bits per heavy atom. The van der Waals surface area contributed by atoms with E-state index in [0.29, 0.717) is 28.3 Å². The predicted molar refractivity (Wildman–Crippen MR) is 160 cm³/mol. The van der Waals surface area contributed by atoms with E-state index >= 15 is 0 Å². The quantitative estimate of drug-likeness (QED) is 0.251. The molecule has 202 valence electrons. The molecule has 0 spiro atoms. The third-order valence-corrected chi connectivity index (χ3v) is 6.65. The molecule has 0 radical (unpaired) electrons. The summed E-state index contributed by atoms with van der Waals surface area (Å²) in [5.41, 5.74) is 6.84. The van der Waals surface area contributed by atoms with Gasteiger partial charge in [0.15, 0.2) is 0 Å². The molecule has 0 unspecified atom stereocenters. The Morgan fingerprint density at radius 1 is 0.711 bits per heavy atom. The minimum atomic E-state index is 0.197. The standard InChI is InChI=1S/C33H42N2O3/c1-8-10-23-14-25(32(36)28(16-23)21(3)4)19-34-30-13-12-27(38-7)18-31(30)35-20-26-15-24(11-9-2)17-29(22(5)6)33(26)37/h12-22,36-37H,8-11H2,1-7H3. The molecule has 0 aliphatic heterocycles. The van der Waals surface area contributed by atoms with Gasteiger partial charge in [0.05, 0.1) is 18.5 Å². The fourth-order valence-corrected chi connectivity index (χ4v) is 4.55. The summed E-state index contributed by atoms with van der Waals surface area (Å²) in [6.45, 7) is 12.6. The zero-order chi connectivity index (χ0) is 27.8. The normalized spacial score (nSPS) is 11.9. The molecule has 0 saturated heterocycles. The molecule has 5 heteroatoms. The van der Waals surface area contributed by atoms with Crippen molar-refractivity contribution in [2.75, 3.05) is 7.11 Å². The largest absolute Gasteiger partial charge is 0.507 e. The van der Waals surface area contributed by atoms with Gasteiger partial charge in [-0.3, -0.25) is 9.98 Å². The summed E-state index contributed by atoms with van der Waals surface area (Å²) in [5.74, 6) is 1.59. The number of hydrogen-bond acceptors (Lipinski definition) is 5. The molecule has 0 aliphatic carbocycles. The molecule has 0 aromatic heterocycles. The number of phenols is 2. The molecule has 5 nitrogen and oxygen atoms in total. The topological polar surface area (TPSA) is 74.4 Å². The third kappa shape index (κ3) is 7.03. The summed E-state index contributed by atoms with van der Waals surface area (Å²) in [7, 11) is 1.62. The van der Waals surface area contributed by atoms with Crippen molar-refractivity contribution in [3.63, 3.8) is 0 Å². The molecule has 3 aromatic rings. The lowest BCUT2D eigenvalue weighted by Gasteiger charge is -2.14. The number of nitrogens with zero attached hydrogens (tertiary/aromatic N) is 2. The van der Waals surface area contributed by atoms with Crippen LogP contribution in [0, 0.1) is 0 Å². The number of benzene rings is 3. The van der Waals surface area contributed by atoms with Crippen LogP contribution in [0.15, 0.2) is 52.4 Å². The molecule has 0 atom stereocenters. The Bertz CT molecular complexity index is 1310. The number of hydrogen-bond donors (Lipinski definition) is 2. The predicted octanol–water partition coefficient (Wildman–Crippen LogP) is 8.76. The van der Waals surface area contributed by atoms with Gasteiger partial charge in [0, 0.05) is 29.6 Å². The van der Waals surface area contributed by atoms with Crippen molar-refractivity contribution in [1.29, 1.82) is 0 Å². The van der Waals surface area contributed by atoms with Crippen LogP contribution in [-0.4, -0.2) is 29.8 Å². The van der Waals surface area contributed by atoms with Gasteiger partial charge >= 0.3 is 0 Å². The van der Waals surface area contributed by atoms with Crippen molar-refractivity contribution in [3.05, 3.63) is 75.8 Å². The van der Waals surface area contributed by atoms with E-state index in [1.54, 1.807) is 19.5 Å². The van der Waals surface area contributed by atoms with Crippen LogP contribution in [0.2, 0.25) is 0 Å². The molecule has 38 heavy (non-hydrogen) atoms. The van der Waals surface area contributed by atoms with E-state index in [-0.39, 0.29) is 23.3 Å². The Morgan fingerprint density at radius 2 is 1.18 bits per heavy atom. The van der Waals surface area contributed by atoms with Crippen molar-refractivity contribution >= 4 is 23.8 Å². The second-order valence-electron chi connectivity index (χ2n) is 10.4. The summed E-state index contributed by atoms with van der Waals surface area (Å²) in [5, 5.41) is 21.9. The summed E-state index contributed by atoms with van der Waals surface area (Å²) >= 11 is 0. The van der Waals surface area contributed by atoms with E-state index in [1.807, 2.05) is 30.3 Å². The number of phenolic OH excluding ortho intramolecular Hbond substituents is 2. The van der Waals surface area contributed by atoms with Crippen LogP contribution in [0.3, 0.4) is 0 Å². The average Bonchev–Trinajstić information content (AvgIpc) is 2.89. The highest BCUT2D eigenvalue weighted by Gasteiger charge is 2.14. The van der Waals surface area contributed by atoms with Gasteiger partial charge in [-0.1, -0.05) is 66.5 Å². The van der Waals surface area contributed by atoms with E-state index in [2.05, 4.69) is 53.7 Å². The number of aryl methyl sites for hydroxylation is 2. The third-order valence-electron chi connectivity index (χ3n) is 6.65. The van der Waals surface area contributed by atoms with Gasteiger partial charge in [0.2, 0.25) is 0 Å². The van der Waals surface area contributed by atoms with Gasteiger partial charge in [-0.25, -0.2) is 0 Å². The zero-order valence-electron chi connectivity index (χ0n) is 23.9. The first-order chi connectivity index (χ1) is 18.2. The minimum Gasteiger partial charge on any atom is -0.507 e. The molecule has 0 fully saturated rings. The fraction of sp³-hybridized carbons (Fsp3) is 0.394. The van der Waals surface area contributed by atoms with Gasteiger partial charge in [-0.05, 0) is 71.2 Å². The molecular formula is C33H42N2O3. The molecule has 0 heterocycles. The highest BCUT2D eigenvalue weighted by molar-refractivity contribution is 5.90. The second-order valence-corrected chi connectivity index (χ2v) is 10.4. The van der Waals surface area contributed by atoms with E-state index in [9.17, 15) is 10.2 Å². The molecule has 3 rings (SSSR count). The van der Waals surface area contributed by atoms with Gasteiger partial charge in [-0.15, -0.1) is 0 Å². The minimum absolute atomic E-state index is 0.197. The second kappa shape index (κ2) is 13.3. The number of aromatic hydroxyl groups is 2. The summed E-state index contributed by atoms with van der Waals surface area (Å²) < 4.78 is 5.44. The van der Waals surface area contributed by atoms with Crippen LogP contribution in [-0.2, 0) is 12.8 Å². The summed E-state index contributed by atoms with van der Waals surface area (Å²) in [4.78, 5) is 9.46. The SMILES string of the molecule is CCCc1cc(C=Nc2ccc(OC)cc2N=Cc2cc(CCC)cc(C(C)C)c2O)c(O)c(C(C)C)c1. The highest BCUT2D eigenvalue weighted by atomic mass is 16.5. The molecule has 0 bridgehead atoms. The van der Waals surface area contributed by atoms with Crippen LogP contribution < -0.4 is 4.74 Å². The molecule has 0 saturated carbocycles. The lowest BCUT2D eigenvalue weighted by molar-refractivity contribution is 0.415. The first-order valence-corrected chi connectivity index (χ1v) is 13.7. The fourth-order valence-electron chi connectivity index (χ4n) is 4.55. The van der Waals surface area contributed by atoms with Crippen molar-refractivity contribution in [2.45, 2.75) is 79.1 Å². The van der Waals surface area contributed by atoms with Crippen molar-refractivity contribution in [2.24, 2.45) is 9.98 Å². The Labute approximate surface area is 228 Å². The summed E-state index contributed by atoms with van der Waals surface area (Å²) in [6, 6.07) is 13.7. The average molecular weight is 515 g/mol. The van der Waals surface area contributed by atoms with Gasteiger partial charge < -0.3 is 14.9 Å². The summed E-state index contributed by atoms with van der Waals surface area (Å²) in [6.07, 6.45) is 7.34. The molecule has 0 aliphatic rings. The van der Waals surface area contributed by atoms with Gasteiger partial charge in [0.25, 0.3) is 0 Å². The van der Waals surface area contributed by atoms with E-state index < -0.39 is 0 Å². The van der Waals surface area contributed by atoms with Crippen molar-refractivity contribution < 1.29 is 14.9 Å². The molecular weight excluding hydrogens is 472 g/mol. The molecule has 2 N–H and O–H groups in total. The number of methoxy groups -OCH3 is 1. The maximum Gasteiger partial charge on any atom is 0.127 e. The van der Waals surface area contributed by atoms with Crippen LogP contribution >= 0.6 is 0 Å². The molecule has 3 aromatic carbocycles. The maximum atomic E-state index is 10.9. The van der Waals surface area contributed by atoms with Crippen molar-refractivity contribution in [3.8, 4) is 17.2 Å². The number of ether oxygens (including phenoxy) is 1. The number of rotatable bonds is 11. The zero-order valence-corrected chi connectivity index (χ0v) is 23.9. The van der Waals surface area contributed by atoms with Gasteiger partial charge in [0.1, 0.15) is 17.2 Å². The van der Waals surface area contributed by atoms with Gasteiger partial charge in [-0.2, -0.15) is 0 Å². The first kappa shape index (κ1) is 29.0. The van der Waals surface area contributed by atoms with Crippen LogP contribution in [0.4, 0.5) is 11.4 Å². The van der Waals surface area contributed by atoms with Crippen LogP contribution in [0.25, 0.3) is 0 Å². The lowest BCUT2D eigenvalue weighted by atomic mass is 9.95. The number of aliphatic imine (C=N–C) groups is 2. The Hall–Kier alpha value is -3.60. The Balaban J connectivity index is 2.06. The van der Waals surface area contributed by atoms with Crippen LogP contribution in [0.1, 0.15) is 99.6 Å². The van der Waals surface area contributed by atoms with E-state index in [0.717, 1.165) is 36.8 Å². The van der Waals surface area contributed by atoms with E-state index in [1.165, 1.54) is 11.1 Å². The van der Waals surface area contributed by atoms with E-state index in [4.69, 9.17) is 14.7 Å². The highest BCUT2D eigenvalue weighted by Crippen LogP contribution is 2.35. The molecule has 0 amide bonds.